The third-order valence-electron chi connectivity index (χ3n) is 7.40. The fourth-order valence-corrected chi connectivity index (χ4v) is 5.44. The molecule has 3 heterocycles. The van der Waals surface area contributed by atoms with Crippen molar-refractivity contribution in [2.75, 3.05) is 36.5 Å². The summed E-state index contributed by atoms with van der Waals surface area (Å²) in [5, 5.41) is 11.7. The molecule has 1 saturated heterocycles. The van der Waals surface area contributed by atoms with Crippen LogP contribution in [0.4, 0.5) is 11.8 Å². The van der Waals surface area contributed by atoms with Crippen LogP contribution in [0.5, 0.6) is 0 Å². The first-order chi connectivity index (χ1) is 18.9. The van der Waals surface area contributed by atoms with Crippen LogP contribution in [0.15, 0.2) is 48.5 Å². The van der Waals surface area contributed by atoms with Crippen molar-refractivity contribution in [1.82, 2.24) is 19.5 Å². The third-order valence-corrected chi connectivity index (χ3v) is 7.98. The van der Waals surface area contributed by atoms with E-state index in [0.717, 1.165) is 11.3 Å². The minimum Gasteiger partial charge on any atom is -0.389 e. The molecular formula is C29H33Cl2N7O2. The molecule has 0 unspecified atom stereocenters. The van der Waals surface area contributed by atoms with Gasteiger partial charge in [-0.15, -0.1) is 0 Å². The van der Waals surface area contributed by atoms with Gasteiger partial charge < -0.3 is 20.6 Å². The molecule has 210 valence electrons. The van der Waals surface area contributed by atoms with Gasteiger partial charge in [0.2, 0.25) is 11.9 Å². The Morgan fingerprint density at radius 3 is 2.33 bits per heavy atom. The van der Waals surface area contributed by atoms with Gasteiger partial charge in [0.15, 0.2) is 17.0 Å². The van der Waals surface area contributed by atoms with Gasteiger partial charge in [-0.1, -0.05) is 42.3 Å². The molecule has 2 aromatic heterocycles. The molecule has 3 N–H and O–H groups in total. The lowest BCUT2D eigenvalue weighted by atomic mass is 9.80. The van der Waals surface area contributed by atoms with Gasteiger partial charge in [0, 0.05) is 48.4 Å². The number of amides is 1. The lowest BCUT2D eigenvalue weighted by Crippen LogP contribution is -2.46. The lowest BCUT2D eigenvalue weighted by molar-refractivity contribution is -0.127. The maximum Gasteiger partial charge on any atom is 0.229 e. The van der Waals surface area contributed by atoms with Crippen LogP contribution < -0.4 is 15.5 Å². The number of carbonyl (C=O) groups is 1. The fourth-order valence-electron chi connectivity index (χ4n) is 5.09. The summed E-state index contributed by atoms with van der Waals surface area (Å²) < 4.78 is 1.96. The molecule has 0 atom stereocenters. The van der Waals surface area contributed by atoms with E-state index < -0.39 is 11.0 Å². The molecule has 1 aliphatic rings. The summed E-state index contributed by atoms with van der Waals surface area (Å²) in [5.41, 5.74) is 6.92. The van der Waals surface area contributed by atoms with Crippen molar-refractivity contribution in [1.29, 1.82) is 0 Å². The van der Waals surface area contributed by atoms with Gasteiger partial charge in [0.1, 0.15) is 5.82 Å². The molecule has 1 fully saturated rings. The Bertz CT molecular complexity index is 1560. The number of anilines is 2. The standard InChI is InChI=1S/C29H33Cl2N7O2/c1-28(2,40)17-36(4)27-34-24(37-15-13-29(3,14-16-37)26(32)39)22-25(35-27)38(19-11-9-18(30)10-12-19)23(33-22)20-7-5-6-8-21(20)31/h5-12,40H,13-17H2,1-4H3,(H2,32,39). The van der Waals surface area contributed by atoms with Crippen LogP contribution in [0.1, 0.15) is 33.6 Å². The van der Waals surface area contributed by atoms with Gasteiger partial charge >= 0.3 is 0 Å². The summed E-state index contributed by atoms with van der Waals surface area (Å²) >= 11 is 12.9. The van der Waals surface area contributed by atoms with Crippen LogP contribution in [-0.4, -0.2) is 62.8 Å². The molecule has 2 aromatic carbocycles. The number of likely N-dealkylation sites (N-methyl/N-ethyl adjacent to an activating group) is 1. The van der Waals surface area contributed by atoms with Crippen molar-refractivity contribution in [2.45, 2.75) is 39.2 Å². The maximum atomic E-state index is 12.1. The van der Waals surface area contributed by atoms with Crippen LogP contribution in [0.25, 0.3) is 28.2 Å². The average molecular weight is 583 g/mol. The van der Waals surface area contributed by atoms with Crippen molar-refractivity contribution in [3.63, 3.8) is 0 Å². The number of piperidine rings is 1. The fraction of sp³-hybridized carbons (Fsp3) is 0.379. The predicted molar refractivity (Wildman–Crippen MR) is 160 cm³/mol. The van der Waals surface area contributed by atoms with E-state index in [2.05, 4.69) is 4.90 Å². The molecule has 40 heavy (non-hydrogen) atoms. The Labute approximate surface area is 243 Å². The number of carbonyl (C=O) groups excluding carboxylic acids is 1. The minimum absolute atomic E-state index is 0.293. The van der Waals surface area contributed by atoms with Crippen molar-refractivity contribution in [2.24, 2.45) is 11.1 Å². The van der Waals surface area contributed by atoms with Crippen LogP contribution in [-0.2, 0) is 4.79 Å². The molecule has 0 spiro atoms. The molecular weight excluding hydrogens is 549 g/mol. The number of primary amides is 1. The van der Waals surface area contributed by atoms with Crippen molar-refractivity contribution in [3.05, 3.63) is 58.6 Å². The molecule has 4 aromatic rings. The molecule has 1 amide bonds. The molecule has 1 aliphatic heterocycles. The van der Waals surface area contributed by atoms with E-state index >= 15 is 0 Å². The second-order valence-corrected chi connectivity index (χ2v) is 12.2. The summed E-state index contributed by atoms with van der Waals surface area (Å²) in [5.74, 6) is 1.40. The number of aromatic nitrogens is 4. The Morgan fingerprint density at radius 2 is 1.73 bits per heavy atom. The lowest BCUT2D eigenvalue weighted by Gasteiger charge is -2.38. The second-order valence-electron chi connectivity index (χ2n) is 11.3. The highest BCUT2D eigenvalue weighted by Crippen LogP contribution is 2.38. The van der Waals surface area contributed by atoms with Crippen LogP contribution in [0.2, 0.25) is 10.0 Å². The van der Waals surface area contributed by atoms with Gasteiger partial charge in [-0.05, 0) is 63.1 Å². The van der Waals surface area contributed by atoms with Gasteiger partial charge in [-0.2, -0.15) is 9.97 Å². The van der Waals surface area contributed by atoms with E-state index in [1.165, 1.54) is 0 Å². The van der Waals surface area contributed by atoms with E-state index in [4.69, 9.17) is 43.9 Å². The first kappa shape index (κ1) is 28.1. The van der Waals surface area contributed by atoms with Crippen molar-refractivity contribution < 1.29 is 9.90 Å². The number of imidazole rings is 1. The molecule has 11 heteroatoms. The van der Waals surface area contributed by atoms with Crippen LogP contribution in [0, 0.1) is 5.41 Å². The van der Waals surface area contributed by atoms with E-state index in [0.29, 0.717) is 71.3 Å². The minimum atomic E-state index is -0.971. The second kappa shape index (κ2) is 10.5. The number of fused-ring (bicyclic) bond motifs is 1. The number of benzene rings is 2. The topological polar surface area (TPSA) is 113 Å². The Hall–Kier alpha value is -3.40. The van der Waals surface area contributed by atoms with Gasteiger partial charge in [0.25, 0.3) is 0 Å². The van der Waals surface area contributed by atoms with Gasteiger partial charge in [-0.25, -0.2) is 4.98 Å². The molecule has 9 nitrogen and oxygen atoms in total. The Morgan fingerprint density at radius 1 is 1.07 bits per heavy atom. The highest BCUT2D eigenvalue weighted by atomic mass is 35.5. The Kier molecular flexibility index (Phi) is 7.41. The zero-order chi connectivity index (χ0) is 28.8. The zero-order valence-electron chi connectivity index (χ0n) is 23.0. The highest BCUT2D eigenvalue weighted by Gasteiger charge is 2.37. The first-order valence-electron chi connectivity index (χ1n) is 13.2. The van der Waals surface area contributed by atoms with Crippen LogP contribution >= 0.6 is 23.2 Å². The molecule has 0 radical (unpaired) electrons. The predicted octanol–water partition coefficient (Wildman–Crippen LogP) is 5.09. The van der Waals surface area contributed by atoms with Gasteiger partial charge in [-0.3, -0.25) is 9.36 Å². The molecule has 5 rings (SSSR count). The summed E-state index contributed by atoms with van der Waals surface area (Å²) in [7, 11) is 1.85. The van der Waals surface area contributed by atoms with E-state index in [9.17, 15) is 9.90 Å². The number of aliphatic hydroxyl groups is 1. The van der Waals surface area contributed by atoms with Gasteiger partial charge in [0.05, 0.1) is 10.6 Å². The largest absolute Gasteiger partial charge is 0.389 e. The molecule has 0 bridgehead atoms. The summed E-state index contributed by atoms with van der Waals surface area (Å²) in [6, 6.07) is 15.0. The normalized spacial score (nSPS) is 15.4. The van der Waals surface area contributed by atoms with E-state index in [-0.39, 0.29) is 5.91 Å². The summed E-state index contributed by atoms with van der Waals surface area (Å²) in [6.45, 7) is 6.86. The number of rotatable bonds is 7. The monoisotopic (exact) mass is 581 g/mol. The zero-order valence-corrected chi connectivity index (χ0v) is 24.5. The third kappa shape index (κ3) is 5.46. The Balaban J connectivity index is 1.76. The number of nitrogens with two attached hydrogens (primary N) is 1. The van der Waals surface area contributed by atoms with E-state index in [1.807, 2.05) is 72.0 Å². The molecule has 0 saturated carbocycles. The SMILES string of the molecule is CN(CC(C)(C)O)c1nc(N2CCC(C)(C(N)=O)CC2)c2nc(-c3ccccc3Cl)n(-c3ccc(Cl)cc3)c2n1. The number of hydrogen-bond donors (Lipinski definition) is 2. The van der Waals surface area contributed by atoms with Crippen molar-refractivity contribution >= 4 is 52.0 Å². The summed E-state index contributed by atoms with van der Waals surface area (Å²) in [4.78, 5) is 31.1. The quantitative estimate of drug-likeness (QED) is 0.312. The number of halogens is 2. The maximum absolute atomic E-state index is 12.1. The number of nitrogens with zero attached hydrogens (tertiary/aromatic N) is 6. The van der Waals surface area contributed by atoms with Crippen molar-refractivity contribution in [3.8, 4) is 17.1 Å². The molecule has 0 aliphatic carbocycles. The van der Waals surface area contributed by atoms with Crippen LogP contribution in [0.3, 0.4) is 0 Å². The number of hydrogen-bond acceptors (Lipinski definition) is 7. The highest BCUT2D eigenvalue weighted by molar-refractivity contribution is 6.33. The first-order valence-corrected chi connectivity index (χ1v) is 13.9. The van der Waals surface area contributed by atoms with E-state index in [1.54, 1.807) is 13.8 Å². The summed E-state index contributed by atoms with van der Waals surface area (Å²) in [6.07, 6.45) is 1.19. The smallest absolute Gasteiger partial charge is 0.229 e. The average Bonchev–Trinajstić information content (AvgIpc) is 3.27.